The van der Waals surface area contributed by atoms with Crippen LogP contribution in [0, 0.1) is 0 Å². The van der Waals surface area contributed by atoms with Gasteiger partial charge in [0.05, 0.1) is 10.8 Å². The first kappa shape index (κ1) is 12.6. The molecule has 15 heavy (non-hydrogen) atoms. The van der Waals surface area contributed by atoms with E-state index in [9.17, 15) is 13.2 Å². The fraction of sp³-hybridized carbons (Fsp3) is 0.900. The van der Waals surface area contributed by atoms with Crippen LogP contribution in [0.15, 0.2) is 0 Å². The van der Waals surface area contributed by atoms with E-state index in [0.29, 0.717) is 19.4 Å². The van der Waals surface area contributed by atoms with E-state index in [2.05, 4.69) is 0 Å². The first-order valence-electron chi connectivity index (χ1n) is 5.25. The van der Waals surface area contributed by atoms with Crippen LogP contribution in [0.2, 0.25) is 0 Å². The molecule has 0 spiro atoms. The molecule has 0 aromatic heterocycles. The lowest BCUT2D eigenvalue weighted by molar-refractivity contribution is -0.129. The number of hydrogen-bond donors (Lipinski definition) is 0. The molecule has 0 radical (unpaired) electrons. The first-order valence-corrected chi connectivity index (χ1v) is 6.76. The summed E-state index contributed by atoms with van der Waals surface area (Å²) in [7, 11) is -3.33. The number of carbonyl (C=O) groups excluding carboxylic acids is 1. The maximum absolute atomic E-state index is 12.0. The van der Waals surface area contributed by atoms with Crippen LogP contribution in [0.1, 0.15) is 40.5 Å². The van der Waals surface area contributed by atoms with Gasteiger partial charge in [-0.2, -0.15) is 4.31 Å². The molecule has 1 aliphatic heterocycles. The molecule has 0 aliphatic carbocycles. The highest BCUT2D eigenvalue weighted by Gasteiger charge is 2.44. The van der Waals surface area contributed by atoms with Gasteiger partial charge in [0, 0.05) is 13.0 Å². The fourth-order valence-electron chi connectivity index (χ4n) is 1.81. The van der Waals surface area contributed by atoms with Crippen LogP contribution in [0.4, 0.5) is 0 Å². The van der Waals surface area contributed by atoms with Gasteiger partial charge in [0.2, 0.25) is 10.0 Å². The zero-order valence-corrected chi connectivity index (χ0v) is 10.6. The molecule has 1 rings (SSSR count). The van der Waals surface area contributed by atoms with E-state index in [1.807, 2.05) is 0 Å². The van der Waals surface area contributed by atoms with E-state index in [1.54, 1.807) is 27.7 Å². The first-order chi connectivity index (χ1) is 6.70. The highest BCUT2D eigenvalue weighted by Crippen LogP contribution is 2.28. The summed E-state index contributed by atoms with van der Waals surface area (Å²) in [6.07, 6.45) is 1.12. The molecule has 0 N–H and O–H groups in total. The molecule has 1 heterocycles. The Hall–Kier alpha value is -0.420. The van der Waals surface area contributed by atoms with E-state index in [1.165, 1.54) is 4.31 Å². The molecule has 0 aromatic carbocycles. The number of ketones is 1. The minimum absolute atomic E-state index is 0.0120. The molecule has 1 fully saturated rings. The Balaban J connectivity index is 3.10. The van der Waals surface area contributed by atoms with Crippen molar-refractivity contribution in [3.63, 3.8) is 0 Å². The maximum atomic E-state index is 12.0. The van der Waals surface area contributed by atoms with Crippen LogP contribution in [-0.2, 0) is 14.8 Å². The lowest BCUT2D eigenvalue weighted by atomic mass is 9.92. The fourth-order valence-corrected chi connectivity index (χ4v) is 3.44. The summed E-state index contributed by atoms with van der Waals surface area (Å²) in [5.41, 5.74) is -0.874. The highest BCUT2D eigenvalue weighted by molar-refractivity contribution is 7.89. The number of Topliss-reactive ketones (excluding diaryl/α,β-unsaturated/α-hetero) is 1. The van der Waals surface area contributed by atoms with Gasteiger partial charge < -0.3 is 0 Å². The smallest absolute Gasteiger partial charge is 0.217 e. The molecule has 1 saturated heterocycles. The molecule has 0 bridgehead atoms. The summed E-state index contributed by atoms with van der Waals surface area (Å²) in [5.74, 6) is 0.0120. The average molecular weight is 233 g/mol. The predicted octanol–water partition coefficient (Wildman–Crippen LogP) is 1.17. The van der Waals surface area contributed by atoms with Gasteiger partial charge in [0.15, 0.2) is 5.78 Å². The molecule has 0 saturated carbocycles. The lowest BCUT2D eigenvalue weighted by Gasteiger charge is -2.40. The summed E-state index contributed by atoms with van der Waals surface area (Å²) < 4.78 is 25.4. The topological polar surface area (TPSA) is 54.5 Å². The zero-order chi connectivity index (χ0) is 11.9. The Bertz CT molecular complexity index is 357. The number of rotatable bonds is 2. The van der Waals surface area contributed by atoms with Gasteiger partial charge in [0.25, 0.3) is 0 Å². The Morgan fingerprint density at radius 2 is 1.87 bits per heavy atom. The average Bonchev–Trinajstić information content (AvgIpc) is 2.09. The highest BCUT2D eigenvalue weighted by atomic mass is 32.2. The van der Waals surface area contributed by atoms with E-state index in [0.717, 1.165) is 0 Å². The lowest BCUT2D eigenvalue weighted by Crippen LogP contribution is -2.57. The normalized spacial score (nSPS) is 23.4. The van der Waals surface area contributed by atoms with Crippen molar-refractivity contribution in [1.29, 1.82) is 0 Å². The molecular formula is C10H19NO3S. The molecule has 0 atom stereocenters. The second kappa shape index (κ2) is 3.87. The monoisotopic (exact) mass is 233 g/mol. The second-order valence-corrected chi connectivity index (χ2v) is 7.17. The van der Waals surface area contributed by atoms with Crippen LogP contribution in [0.25, 0.3) is 0 Å². The third-order valence-corrected chi connectivity index (χ3v) is 5.42. The Morgan fingerprint density at radius 1 is 1.33 bits per heavy atom. The quantitative estimate of drug-likeness (QED) is 0.719. The number of sulfonamides is 1. The van der Waals surface area contributed by atoms with Crippen molar-refractivity contribution >= 4 is 15.8 Å². The zero-order valence-electron chi connectivity index (χ0n) is 9.78. The number of piperidine rings is 1. The largest absolute Gasteiger partial charge is 0.298 e. The van der Waals surface area contributed by atoms with Gasteiger partial charge in [-0.3, -0.25) is 4.79 Å². The molecule has 5 heteroatoms. The number of hydrogen-bond acceptors (Lipinski definition) is 3. The summed E-state index contributed by atoms with van der Waals surface area (Å²) >= 11 is 0. The van der Waals surface area contributed by atoms with Crippen molar-refractivity contribution in [3.05, 3.63) is 0 Å². The Morgan fingerprint density at radius 3 is 2.33 bits per heavy atom. The van der Waals surface area contributed by atoms with E-state index in [-0.39, 0.29) is 5.78 Å². The van der Waals surface area contributed by atoms with Crippen molar-refractivity contribution in [1.82, 2.24) is 4.31 Å². The van der Waals surface area contributed by atoms with Gasteiger partial charge in [-0.25, -0.2) is 8.42 Å². The Labute approximate surface area is 91.7 Å². The summed E-state index contributed by atoms with van der Waals surface area (Å²) in [6, 6.07) is 0. The van der Waals surface area contributed by atoms with Crippen molar-refractivity contribution in [3.8, 4) is 0 Å². The molecular weight excluding hydrogens is 214 g/mol. The third kappa shape index (κ3) is 2.08. The molecule has 0 amide bonds. The van der Waals surface area contributed by atoms with Crippen molar-refractivity contribution < 1.29 is 13.2 Å². The molecule has 88 valence electrons. The molecule has 1 aliphatic rings. The summed E-state index contributed by atoms with van der Waals surface area (Å²) in [4.78, 5) is 11.7. The number of carbonyl (C=O) groups is 1. The number of nitrogens with zero attached hydrogens (tertiary/aromatic N) is 1. The predicted molar refractivity (Wildman–Crippen MR) is 59.1 cm³/mol. The van der Waals surface area contributed by atoms with Gasteiger partial charge >= 0.3 is 0 Å². The standard InChI is InChI=1S/C10H19NO3S/c1-8(2)15(13,14)11-7-5-6-9(12)10(11,3)4/h8H,5-7H2,1-4H3. The third-order valence-electron chi connectivity index (χ3n) is 2.97. The van der Waals surface area contributed by atoms with Gasteiger partial charge in [-0.05, 0) is 34.1 Å². The van der Waals surface area contributed by atoms with Crippen LogP contribution in [0.3, 0.4) is 0 Å². The Kier molecular flexibility index (Phi) is 3.26. The summed E-state index contributed by atoms with van der Waals surface area (Å²) in [5, 5.41) is -0.470. The van der Waals surface area contributed by atoms with Crippen LogP contribution < -0.4 is 0 Å². The van der Waals surface area contributed by atoms with Crippen molar-refractivity contribution in [2.24, 2.45) is 0 Å². The molecule has 4 nitrogen and oxygen atoms in total. The second-order valence-electron chi connectivity index (χ2n) is 4.75. The van der Waals surface area contributed by atoms with Crippen LogP contribution >= 0.6 is 0 Å². The van der Waals surface area contributed by atoms with E-state index in [4.69, 9.17) is 0 Å². The summed E-state index contributed by atoms with van der Waals surface area (Å²) in [6.45, 7) is 7.12. The maximum Gasteiger partial charge on any atom is 0.217 e. The van der Waals surface area contributed by atoms with E-state index < -0.39 is 20.8 Å². The molecule has 0 aromatic rings. The SMILES string of the molecule is CC(C)S(=O)(=O)N1CCCC(=O)C1(C)C. The van der Waals surface area contributed by atoms with Crippen LogP contribution in [0.5, 0.6) is 0 Å². The van der Waals surface area contributed by atoms with Crippen molar-refractivity contribution in [2.45, 2.75) is 51.3 Å². The minimum atomic E-state index is -3.33. The van der Waals surface area contributed by atoms with E-state index >= 15 is 0 Å². The van der Waals surface area contributed by atoms with Gasteiger partial charge in [-0.1, -0.05) is 0 Å². The van der Waals surface area contributed by atoms with Crippen LogP contribution in [-0.4, -0.2) is 35.8 Å². The van der Waals surface area contributed by atoms with Crippen molar-refractivity contribution in [2.75, 3.05) is 6.54 Å². The molecule has 0 unspecified atom stereocenters. The van der Waals surface area contributed by atoms with Gasteiger partial charge in [-0.15, -0.1) is 0 Å². The minimum Gasteiger partial charge on any atom is -0.298 e. The van der Waals surface area contributed by atoms with Gasteiger partial charge in [0.1, 0.15) is 0 Å².